The number of nitrogens with zero attached hydrogens (tertiary/aromatic N) is 3. The van der Waals surface area contributed by atoms with Crippen molar-refractivity contribution in [3.63, 3.8) is 0 Å². The van der Waals surface area contributed by atoms with Crippen LogP contribution in [0.2, 0.25) is 0 Å². The molecular formula is C6H13N5S. The highest BCUT2D eigenvalue weighted by Crippen LogP contribution is 1.98. The predicted molar refractivity (Wildman–Crippen MR) is 50.4 cm³/mol. The average Bonchev–Trinajstić information content (AvgIpc) is 2.28. The molecule has 0 spiro atoms. The van der Waals surface area contributed by atoms with E-state index in [0.717, 1.165) is 13.1 Å². The van der Waals surface area contributed by atoms with Crippen LogP contribution in [0.3, 0.4) is 0 Å². The molecule has 0 saturated heterocycles. The van der Waals surface area contributed by atoms with E-state index in [2.05, 4.69) is 15.1 Å². The Morgan fingerprint density at radius 3 is 2.75 bits per heavy atom. The Morgan fingerprint density at radius 1 is 1.67 bits per heavy atom. The number of nitrogens with one attached hydrogen (secondary N) is 1. The second kappa shape index (κ2) is 3.68. The molecule has 0 atom stereocenters. The van der Waals surface area contributed by atoms with E-state index < -0.39 is 0 Å². The largest absolute Gasteiger partial charge is 0.368 e. The van der Waals surface area contributed by atoms with Gasteiger partial charge in [-0.2, -0.15) is 0 Å². The van der Waals surface area contributed by atoms with Gasteiger partial charge in [-0.15, -0.1) is 5.10 Å². The summed E-state index contributed by atoms with van der Waals surface area (Å²) in [5.41, 5.74) is 5.56. The van der Waals surface area contributed by atoms with E-state index in [9.17, 15) is 0 Å². The van der Waals surface area contributed by atoms with Crippen molar-refractivity contribution < 1.29 is 0 Å². The monoisotopic (exact) mass is 187 g/mol. The lowest BCUT2D eigenvalue weighted by atomic mass is 10.6. The number of anilines is 1. The molecule has 1 rings (SSSR count). The topological polar surface area (TPSA) is 62.9 Å². The maximum atomic E-state index is 5.56. The quantitative estimate of drug-likeness (QED) is 0.658. The van der Waals surface area contributed by atoms with Crippen molar-refractivity contribution >= 4 is 18.2 Å². The van der Waals surface area contributed by atoms with Crippen LogP contribution >= 0.6 is 12.2 Å². The molecule has 0 radical (unpaired) electrons. The van der Waals surface area contributed by atoms with Gasteiger partial charge in [0.2, 0.25) is 5.95 Å². The zero-order chi connectivity index (χ0) is 9.14. The molecule has 0 aliphatic rings. The first-order valence-electron chi connectivity index (χ1n) is 3.66. The molecule has 3 N–H and O–H groups in total. The van der Waals surface area contributed by atoms with E-state index in [1.165, 1.54) is 0 Å². The first-order chi connectivity index (χ1) is 5.61. The first kappa shape index (κ1) is 9.21. The number of likely N-dealkylation sites (N-methyl/N-ethyl adjacent to an activating group) is 1. The number of rotatable bonds is 3. The van der Waals surface area contributed by atoms with Crippen LogP contribution in [0.4, 0.5) is 5.95 Å². The molecule has 0 bridgehead atoms. The van der Waals surface area contributed by atoms with E-state index in [1.54, 1.807) is 4.57 Å². The standard InChI is InChI=1S/C6H13N5S/c1-10(2)3-4-11-5(7)8-9-6(11)12/h3-4H2,1-2H3,(H2,7,8)(H,9,12). The number of nitrogen functional groups attached to an aromatic ring is 1. The Hall–Kier alpha value is -0.880. The van der Waals surface area contributed by atoms with Crippen LogP contribution in [-0.4, -0.2) is 40.3 Å². The van der Waals surface area contributed by atoms with Crippen LogP contribution in [-0.2, 0) is 6.54 Å². The molecular weight excluding hydrogens is 174 g/mol. The normalized spacial score (nSPS) is 10.9. The summed E-state index contributed by atoms with van der Waals surface area (Å²) in [6, 6.07) is 0. The SMILES string of the molecule is CN(C)CCn1c(N)n[nH]c1=S. The molecule has 1 aromatic rings. The number of H-pyrrole nitrogens is 1. The Morgan fingerprint density at radius 2 is 2.33 bits per heavy atom. The van der Waals surface area contributed by atoms with E-state index in [-0.39, 0.29) is 0 Å². The van der Waals surface area contributed by atoms with Crippen molar-refractivity contribution in [3.8, 4) is 0 Å². The maximum Gasteiger partial charge on any atom is 0.220 e. The van der Waals surface area contributed by atoms with E-state index >= 15 is 0 Å². The summed E-state index contributed by atoms with van der Waals surface area (Å²) in [4.78, 5) is 2.06. The van der Waals surface area contributed by atoms with Gasteiger partial charge in [0, 0.05) is 13.1 Å². The summed E-state index contributed by atoms with van der Waals surface area (Å²) in [5.74, 6) is 0.446. The first-order valence-corrected chi connectivity index (χ1v) is 4.07. The molecule has 1 heterocycles. The lowest BCUT2D eigenvalue weighted by Crippen LogP contribution is -2.19. The van der Waals surface area contributed by atoms with Gasteiger partial charge >= 0.3 is 0 Å². The second-order valence-electron chi connectivity index (χ2n) is 2.84. The molecule has 0 amide bonds. The lowest BCUT2D eigenvalue weighted by Gasteiger charge is -2.09. The molecule has 0 unspecified atom stereocenters. The highest BCUT2D eigenvalue weighted by Gasteiger charge is 2.00. The number of nitrogens with two attached hydrogens (primary N) is 1. The molecule has 0 aliphatic heterocycles. The third kappa shape index (κ3) is 2.05. The number of aromatic amines is 1. The molecule has 68 valence electrons. The maximum absolute atomic E-state index is 5.56. The number of hydrogen-bond donors (Lipinski definition) is 2. The van der Waals surface area contributed by atoms with Gasteiger partial charge in [0.15, 0.2) is 4.77 Å². The minimum atomic E-state index is 0.446. The van der Waals surface area contributed by atoms with Crippen molar-refractivity contribution in [2.75, 3.05) is 26.4 Å². The molecule has 0 saturated carbocycles. The summed E-state index contributed by atoms with van der Waals surface area (Å²) < 4.78 is 2.35. The summed E-state index contributed by atoms with van der Waals surface area (Å²) in [6.07, 6.45) is 0. The van der Waals surface area contributed by atoms with Crippen molar-refractivity contribution in [1.29, 1.82) is 0 Å². The van der Waals surface area contributed by atoms with Crippen molar-refractivity contribution in [2.24, 2.45) is 0 Å². The minimum Gasteiger partial charge on any atom is -0.368 e. The highest BCUT2D eigenvalue weighted by atomic mass is 32.1. The molecule has 6 heteroatoms. The van der Waals surface area contributed by atoms with Gasteiger partial charge in [0.1, 0.15) is 0 Å². The van der Waals surface area contributed by atoms with Crippen molar-refractivity contribution in [2.45, 2.75) is 6.54 Å². The van der Waals surface area contributed by atoms with Crippen LogP contribution in [0.1, 0.15) is 0 Å². The summed E-state index contributed by atoms with van der Waals surface area (Å²) >= 11 is 4.97. The molecule has 0 aromatic carbocycles. The fourth-order valence-corrected chi connectivity index (χ4v) is 1.08. The fraction of sp³-hybridized carbons (Fsp3) is 0.667. The molecule has 0 fully saturated rings. The van der Waals surface area contributed by atoms with Gasteiger partial charge < -0.3 is 10.6 Å². The molecule has 5 nitrogen and oxygen atoms in total. The molecule has 1 aromatic heterocycles. The van der Waals surface area contributed by atoms with Gasteiger partial charge in [-0.25, -0.2) is 5.10 Å². The fourth-order valence-electron chi connectivity index (χ4n) is 0.846. The van der Waals surface area contributed by atoms with Crippen molar-refractivity contribution in [1.82, 2.24) is 19.7 Å². The van der Waals surface area contributed by atoms with Gasteiger partial charge in [-0.1, -0.05) is 0 Å². The van der Waals surface area contributed by atoms with Crippen LogP contribution in [0, 0.1) is 4.77 Å². The van der Waals surface area contributed by atoms with Gasteiger partial charge in [-0.05, 0) is 26.3 Å². The predicted octanol–water partition coefficient (Wildman–Crippen LogP) is 0.0845. The lowest BCUT2D eigenvalue weighted by molar-refractivity contribution is 0.384. The van der Waals surface area contributed by atoms with Crippen LogP contribution in [0.5, 0.6) is 0 Å². The van der Waals surface area contributed by atoms with Gasteiger partial charge in [0.05, 0.1) is 0 Å². The Bertz CT molecular complexity index is 299. The zero-order valence-electron chi connectivity index (χ0n) is 7.24. The van der Waals surface area contributed by atoms with Crippen LogP contribution in [0.25, 0.3) is 0 Å². The zero-order valence-corrected chi connectivity index (χ0v) is 8.06. The Kier molecular flexibility index (Phi) is 2.83. The number of aromatic nitrogens is 3. The third-order valence-corrected chi connectivity index (χ3v) is 1.87. The van der Waals surface area contributed by atoms with Gasteiger partial charge in [0.25, 0.3) is 0 Å². The summed E-state index contributed by atoms with van der Waals surface area (Å²) in [7, 11) is 4.00. The van der Waals surface area contributed by atoms with E-state index in [4.69, 9.17) is 18.0 Å². The minimum absolute atomic E-state index is 0.446. The Labute approximate surface area is 76.2 Å². The molecule has 0 aliphatic carbocycles. The van der Waals surface area contributed by atoms with Crippen LogP contribution in [0.15, 0.2) is 0 Å². The van der Waals surface area contributed by atoms with E-state index in [0.29, 0.717) is 10.7 Å². The Balaban J connectivity index is 2.68. The molecule has 12 heavy (non-hydrogen) atoms. The van der Waals surface area contributed by atoms with Crippen molar-refractivity contribution in [3.05, 3.63) is 4.77 Å². The number of hydrogen-bond acceptors (Lipinski definition) is 4. The van der Waals surface area contributed by atoms with Gasteiger partial charge in [-0.3, -0.25) is 4.57 Å². The van der Waals surface area contributed by atoms with Crippen LogP contribution < -0.4 is 5.73 Å². The average molecular weight is 187 g/mol. The second-order valence-corrected chi connectivity index (χ2v) is 3.23. The highest BCUT2D eigenvalue weighted by molar-refractivity contribution is 7.71. The third-order valence-electron chi connectivity index (χ3n) is 1.56. The summed E-state index contributed by atoms with van der Waals surface area (Å²) in [5, 5.41) is 6.43. The van der Waals surface area contributed by atoms with E-state index in [1.807, 2.05) is 14.1 Å². The summed E-state index contributed by atoms with van der Waals surface area (Å²) in [6.45, 7) is 1.67. The smallest absolute Gasteiger partial charge is 0.220 e.